The van der Waals surface area contributed by atoms with Crippen molar-refractivity contribution >= 4 is 5.97 Å². The number of carbonyl (C=O) groups is 1. The number of aliphatic hydroxyl groups is 1. The summed E-state index contributed by atoms with van der Waals surface area (Å²) in [6.07, 6.45) is 2.50. The summed E-state index contributed by atoms with van der Waals surface area (Å²) in [6, 6.07) is 0. The van der Waals surface area contributed by atoms with Crippen molar-refractivity contribution in [3.05, 3.63) is 24.5 Å². The van der Waals surface area contributed by atoms with Crippen LogP contribution in [0.2, 0.25) is 0 Å². The predicted molar refractivity (Wildman–Crippen MR) is 39.9 cm³/mol. The summed E-state index contributed by atoms with van der Waals surface area (Å²) >= 11 is 0. The zero-order valence-corrected chi connectivity index (χ0v) is 6.16. The van der Waals surface area contributed by atoms with E-state index in [0.29, 0.717) is 0 Å². The van der Waals surface area contributed by atoms with Gasteiger partial charge in [-0.25, -0.2) is 0 Å². The molecule has 0 bridgehead atoms. The lowest BCUT2D eigenvalue weighted by atomic mass is 10.4. The van der Waals surface area contributed by atoms with Crippen molar-refractivity contribution in [3.63, 3.8) is 0 Å². The van der Waals surface area contributed by atoms with Gasteiger partial charge in [-0.3, -0.25) is 4.79 Å². The molecule has 0 aromatic carbocycles. The Kier molecular flexibility index (Phi) is 8.94. The van der Waals surface area contributed by atoms with Gasteiger partial charge in [0.2, 0.25) is 0 Å². The van der Waals surface area contributed by atoms with Crippen LogP contribution in [0, 0.1) is 0 Å². The lowest BCUT2D eigenvalue weighted by Gasteiger charge is -1.75. The first-order chi connectivity index (χ1) is 4.50. The van der Waals surface area contributed by atoms with E-state index >= 15 is 0 Å². The normalized spacial score (nSPS) is 8.20. The fourth-order valence-electron chi connectivity index (χ4n) is 0.127. The lowest BCUT2D eigenvalue weighted by Crippen LogP contribution is -1.78. The molecular weight excluding hydrogens is 132 g/mol. The first-order valence-electron chi connectivity index (χ1n) is 2.66. The molecule has 0 radical (unpaired) electrons. The zero-order valence-electron chi connectivity index (χ0n) is 6.16. The van der Waals surface area contributed by atoms with Crippen molar-refractivity contribution in [3.8, 4) is 0 Å². The number of hydrogen-bond donors (Lipinski definition) is 2. The zero-order chi connectivity index (χ0) is 8.57. The summed E-state index contributed by atoms with van der Waals surface area (Å²) in [5.41, 5.74) is 0.859. The van der Waals surface area contributed by atoms with Crippen LogP contribution in [0.15, 0.2) is 24.5 Å². The van der Waals surface area contributed by atoms with Gasteiger partial charge in [-0.15, -0.1) is 0 Å². The maximum absolute atomic E-state index is 9.00. The van der Waals surface area contributed by atoms with Gasteiger partial charge in [0.25, 0.3) is 5.97 Å². The first kappa shape index (κ1) is 11.5. The molecule has 0 amide bonds. The van der Waals surface area contributed by atoms with Crippen molar-refractivity contribution < 1.29 is 15.0 Å². The van der Waals surface area contributed by atoms with E-state index in [9.17, 15) is 0 Å². The molecule has 3 nitrogen and oxygen atoms in total. The molecule has 0 saturated heterocycles. The second-order valence-electron chi connectivity index (χ2n) is 1.68. The Morgan fingerprint density at radius 3 is 1.80 bits per heavy atom. The molecule has 0 heterocycles. The Morgan fingerprint density at radius 2 is 1.80 bits per heavy atom. The van der Waals surface area contributed by atoms with Gasteiger partial charge >= 0.3 is 0 Å². The Morgan fingerprint density at radius 1 is 1.50 bits per heavy atom. The van der Waals surface area contributed by atoms with E-state index in [0.717, 1.165) is 18.8 Å². The van der Waals surface area contributed by atoms with E-state index in [4.69, 9.17) is 15.0 Å². The standard InChI is InChI=1S/C5H8O.C2H4O2/c1-5(2)3-4-6;1-2(3)4/h3-4,6H,1H2,2H3;1H3,(H,3,4). The first-order valence-corrected chi connectivity index (χ1v) is 2.66. The van der Waals surface area contributed by atoms with Gasteiger partial charge in [-0.1, -0.05) is 12.2 Å². The smallest absolute Gasteiger partial charge is 0.300 e. The summed E-state index contributed by atoms with van der Waals surface area (Å²) in [4.78, 5) is 9.00. The number of carboxylic acid groups (broad SMARTS) is 1. The van der Waals surface area contributed by atoms with Gasteiger partial charge in [-0.05, 0) is 13.0 Å². The fourth-order valence-corrected chi connectivity index (χ4v) is 0.127. The summed E-state index contributed by atoms with van der Waals surface area (Å²) in [6.45, 7) is 6.39. The van der Waals surface area contributed by atoms with Crippen LogP contribution in [-0.2, 0) is 4.79 Å². The molecule has 0 saturated carbocycles. The Hall–Kier alpha value is -1.25. The summed E-state index contributed by atoms with van der Waals surface area (Å²) in [7, 11) is 0. The quantitative estimate of drug-likeness (QED) is 0.435. The van der Waals surface area contributed by atoms with Gasteiger partial charge < -0.3 is 10.2 Å². The molecule has 0 aliphatic heterocycles. The average Bonchev–Trinajstić information content (AvgIpc) is 1.62. The van der Waals surface area contributed by atoms with Crippen molar-refractivity contribution in [2.45, 2.75) is 13.8 Å². The summed E-state index contributed by atoms with van der Waals surface area (Å²) < 4.78 is 0. The van der Waals surface area contributed by atoms with Crippen molar-refractivity contribution in [1.29, 1.82) is 0 Å². The number of hydrogen-bond acceptors (Lipinski definition) is 2. The molecule has 10 heavy (non-hydrogen) atoms. The second-order valence-corrected chi connectivity index (χ2v) is 1.68. The molecule has 0 aromatic heterocycles. The van der Waals surface area contributed by atoms with Crippen LogP contribution in [-0.4, -0.2) is 16.2 Å². The molecule has 3 heteroatoms. The van der Waals surface area contributed by atoms with Crippen molar-refractivity contribution in [2.24, 2.45) is 0 Å². The van der Waals surface area contributed by atoms with E-state index < -0.39 is 5.97 Å². The van der Waals surface area contributed by atoms with Crippen molar-refractivity contribution in [2.75, 3.05) is 0 Å². The largest absolute Gasteiger partial charge is 0.516 e. The van der Waals surface area contributed by atoms with Gasteiger partial charge in [0.1, 0.15) is 0 Å². The summed E-state index contributed by atoms with van der Waals surface area (Å²) in [5, 5.41) is 15.4. The maximum Gasteiger partial charge on any atom is 0.300 e. The monoisotopic (exact) mass is 144 g/mol. The van der Waals surface area contributed by atoms with Gasteiger partial charge in [-0.2, -0.15) is 0 Å². The molecule has 0 aliphatic rings. The number of aliphatic hydroxyl groups excluding tert-OH is 1. The molecule has 0 unspecified atom stereocenters. The van der Waals surface area contributed by atoms with Crippen molar-refractivity contribution in [1.82, 2.24) is 0 Å². The minimum absolute atomic E-state index is 0.833. The summed E-state index contributed by atoms with van der Waals surface area (Å²) in [5.74, 6) is -0.833. The highest BCUT2D eigenvalue weighted by molar-refractivity contribution is 5.62. The molecule has 0 spiro atoms. The Bertz CT molecular complexity index is 132. The third-order valence-electron chi connectivity index (χ3n) is 0.359. The van der Waals surface area contributed by atoms with Gasteiger partial charge in [0.05, 0.1) is 6.26 Å². The highest BCUT2D eigenvalue weighted by Crippen LogP contribution is 1.84. The topological polar surface area (TPSA) is 57.5 Å². The van der Waals surface area contributed by atoms with Gasteiger partial charge in [0.15, 0.2) is 0 Å². The molecule has 0 aliphatic carbocycles. The van der Waals surface area contributed by atoms with Crippen LogP contribution in [0.1, 0.15) is 13.8 Å². The Balaban J connectivity index is 0. The highest BCUT2D eigenvalue weighted by Gasteiger charge is 1.65. The van der Waals surface area contributed by atoms with Crippen LogP contribution in [0.5, 0.6) is 0 Å². The highest BCUT2D eigenvalue weighted by atomic mass is 16.4. The van der Waals surface area contributed by atoms with E-state index in [1.165, 1.54) is 6.08 Å². The minimum atomic E-state index is -0.833. The fraction of sp³-hybridized carbons (Fsp3) is 0.286. The van der Waals surface area contributed by atoms with Crippen LogP contribution in [0.4, 0.5) is 0 Å². The Labute approximate surface area is 60.3 Å². The third kappa shape index (κ3) is 72.9. The molecule has 58 valence electrons. The number of rotatable bonds is 1. The molecular formula is C7H12O3. The molecule has 0 aromatic rings. The minimum Gasteiger partial charge on any atom is -0.516 e. The second kappa shape index (κ2) is 7.75. The van der Waals surface area contributed by atoms with E-state index in [1.807, 2.05) is 6.92 Å². The van der Waals surface area contributed by atoms with Gasteiger partial charge in [0, 0.05) is 6.92 Å². The SMILES string of the molecule is C=C(C)C=CO.CC(=O)O. The lowest BCUT2D eigenvalue weighted by molar-refractivity contribution is -0.134. The third-order valence-corrected chi connectivity index (χ3v) is 0.359. The molecule has 0 atom stereocenters. The van der Waals surface area contributed by atoms with E-state index in [1.54, 1.807) is 0 Å². The molecule has 0 rings (SSSR count). The van der Waals surface area contributed by atoms with Crippen LogP contribution in [0.25, 0.3) is 0 Å². The molecule has 0 fully saturated rings. The average molecular weight is 144 g/mol. The van der Waals surface area contributed by atoms with Crippen LogP contribution in [0.3, 0.4) is 0 Å². The van der Waals surface area contributed by atoms with Crippen LogP contribution < -0.4 is 0 Å². The van der Waals surface area contributed by atoms with Crippen LogP contribution >= 0.6 is 0 Å². The predicted octanol–water partition coefficient (Wildman–Crippen LogP) is 1.73. The van der Waals surface area contributed by atoms with E-state index in [-0.39, 0.29) is 0 Å². The van der Waals surface area contributed by atoms with E-state index in [2.05, 4.69) is 6.58 Å². The molecule has 2 N–H and O–H groups in total. The number of carboxylic acids is 1. The number of allylic oxidation sites excluding steroid dienone is 2. The number of aliphatic carboxylic acids is 1. The maximum atomic E-state index is 9.00.